The topological polar surface area (TPSA) is 46.5 Å². The molecule has 0 amide bonds. The van der Waals surface area contributed by atoms with E-state index in [0.29, 0.717) is 25.7 Å². The summed E-state index contributed by atoms with van der Waals surface area (Å²) in [7, 11) is 1.37. The van der Waals surface area contributed by atoms with E-state index in [2.05, 4.69) is 72.1 Å². The molecule has 0 aromatic heterocycles. The van der Waals surface area contributed by atoms with Crippen LogP contribution in [0.25, 0.3) is 0 Å². The van der Waals surface area contributed by atoms with E-state index in [1.54, 1.807) is 11.1 Å². The molecule has 0 aliphatic rings. The van der Waals surface area contributed by atoms with E-state index in [0.717, 1.165) is 19.3 Å². The number of aliphatic hydroxyl groups is 1. The second-order valence-corrected chi connectivity index (χ2v) is 6.34. The summed E-state index contributed by atoms with van der Waals surface area (Å²) in [5, 5.41) is 9.99. The number of alkyl halides is 1. The van der Waals surface area contributed by atoms with E-state index < -0.39 is 6.10 Å². The third kappa shape index (κ3) is 14.4. The van der Waals surface area contributed by atoms with E-state index in [-0.39, 0.29) is 10.8 Å². The van der Waals surface area contributed by atoms with Gasteiger partial charge in [0.1, 0.15) is 4.83 Å². The fourth-order valence-corrected chi connectivity index (χ4v) is 2.12. The van der Waals surface area contributed by atoms with Gasteiger partial charge in [0.2, 0.25) is 0 Å². The maximum absolute atomic E-state index is 10.9. The zero-order valence-electron chi connectivity index (χ0n) is 13.8. The quantitative estimate of drug-likeness (QED) is 0.260. The highest BCUT2D eigenvalue weighted by Gasteiger charge is 2.12. The third-order valence-corrected chi connectivity index (χ3v) is 4.01. The standard InChI is InChI=1S/C19H22Br2O3/c1-24-19(23)15-11-7-4-5-9-13-17(21)18(22)14-10-6-2-3-8-12-16-20/h12,16-18,22H,2,6-7,10-11,14-15H2,1H3/b16-12+/t17-,18-/m0/s1. The number of ether oxygens (including phenoxy) is 1. The van der Waals surface area contributed by atoms with E-state index >= 15 is 0 Å². The summed E-state index contributed by atoms with van der Waals surface area (Å²) >= 11 is 6.51. The Morgan fingerprint density at radius 2 is 1.96 bits per heavy atom. The summed E-state index contributed by atoms with van der Waals surface area (Å²) in [5.74, 6) is 16.9. The molecule has 0 aromatic rings. The van der Waals surface area contributed by atoms with Crippen molar-refractivity contribution in [2.75, 3.05) is 7.11 Å². The Kier molecular flexibility index (Phi) is 15.8. The minimum atomic E-state index is -0.519. The lowest BCUT2D eigenvalue weighted by Gasteiger charge is -2.11. The lowest BCUT2D eigenvalue weighted by molar-refractivity contribution is -0.140. The fraction of sp³-hybridized carbons (Fsp3) is 0.526. The SMILES string of the molecule is COC(=O)CCCC#CC#C[C@H](Br)[C@@H](O)CCCCC#C/C=C/Br. The number of halogens is 2. The number of methoxy groups -OCH3 is 1. The molecule has 0 unspecified atom stereocenters. The molecule has 0 bridgehead atoms. The molecule has 0 aliphatic carbocycles. The number of rotatable bonds is 8. The molecule has 0 saturated heterocycles. The minimum absolute atomic E-state index is 0.225. The molecule has 1 N–H and O–H groups in total. The van der Waals surface area contributed by atoms with Crippen molar-refractivity contribution in [2.45, 2.75) is 55.9 Å². The molecule has 0 aliphatic heterocycles. The first-order chi connectivity index (χ1) is 11.6. The maximum atomic E-state index is 10.9. The highest BCUT2D eigenvalue weighted by atomic mass is 79.9. The van der Waals surface area contributed by atoms with E-state index in [4.69, 9.17) is 0 Å². The van der Waals surface area contributed by atoms with Gasteiger partial charge in [0.05, 0.1) is 13.2 Å². The first kappa shape index (κ1) is 22.8. The van der Waals surface area contributed by atoms with Crippen LogP contribution in [-0.2, 0) is 9.53 Å². The van der Waals surface area contributed by atoms with Gasteiger partial charge in [0, 0.05) is 19.3 Å². The molecular weight excluding hydrogens is 436 g/mol. The summed E-state index contributed by atoms with van der Waals surface area (Å²) < 4.78 is 4.54. The van der Waals surface area contributed by atoms with Gasteiger partial charge in [-0.2, -0.15) is 0 Å². The second-order valence-electron chi connectivity index (χ2n) is 4.83. The number of carbonyl (C=O) groups is 1. The van der Waals surface area contributed by atoms with Gasteiger partial charge < -0.3 is 9.84 Å². The van der Waals surface area contributed by atoms with Gasteiger partial charge in [-0.1, -0.05) is 55.5 Å². The van der Waals surface area contributed by atoms with Crippen LogP contribution >= 0.6 is 31.9 Å². The summed E-state index contributed by atoms with van der Waals surface area (Å²) in [6.45, 7) is 0. The number of allylic oxidation sites excluding steroid dienone is 1. The molecule has 130 valence electrons. The molecule has 0 fully saturated rings. The smallest absolute Gasteiger partial charge is 0.305 e. The predicted molar refractivity (Wildman–Crippen MR) is 104 cm³/mol. The number of hydrogen-bond acceptors (Lipinski definition) is 3. The summed E-state index contributed by atoms with van der Waals surface area (Å²) in [5.41, 5.74) is 0. The lowest BCUT2D eigenvalue weighted by Crippen LogP contribution is -2.18. The van der Waals surface area contributed by atoms with Crippen molar-refractivity contribution in [3.05, 3.63) is 11.1 Å². The van der Waals surface area contributed by atoms with Crippen molar-refractivity contribution in [3.8, 4) is 35.5 Å². The molecule has 0 heterocycles. The molecule has 0 saturated carbocycles. The van der Waals surface area contributed by atoms with Crippen molar-refractivity contribution in [1.29, 1.82) is 0 Å². The average molecular weight is 458 g/mol. The third-order valence-electron chi connectivity index (χ3n) is 2.91. The largest absolute Gasteiger partial charge is 0.469 e. The van der Waals surface area contributed by atoms with Gasteiger partial charge in [-0.3, -0.25) is 4.79 Å². The fourth-order valence-electron chi connectivity index (χ4n) is 1.61. The zero-order valence-corrected chi connectivity index (χ0v) is 17.0. The normalized spacial score (nSPS) is 12.0. The van der Waals surface area contributed by atoms with Crippen molar-refractivity contribution >= 4 is 37.8 Å². The molecule has 2 atom stereocenters. The van der Waals surface area contributed by atoms with Gasteiger partial charge in [0.15, 0.2) is 0 Å². The Morgan fingerprint density at radius 1 is 1.21 bits per heavy atom. The first-order valence-electron chi connectivity index (χ1n) is 7.72. The van der Waals surface area contributed by atoms with Crippen LogP contribution in [-0.4, -0.2) is 29.1 Å². The Morgan fingerprint density at radius 3 is 2.67 bits per heavy atom. The average Bonchev–Trinajstić information content (AvgIpc) is 2.59. The lowest BCUT2D eigenvalue weighted by atomic mass is 10.1. The van der Waals surface area contributed by atoms with Gasteiger partial charge in [-0.15, -0.1) is 0 Å². The van der Waals surface area contributed by atoms with Crippen LogP contribution in [0.1, 0.15) is 44.9 Å². The van der Waals surface area contributed by atoms with Gasteiger partial charge in [-0.05, 0) is 48.6 Å². The molecule has 0 radical (unpaired) electrons. The van der Waals surface area contributed by atoms with Gasteiger partial charge >= 0.3 is 5.97 Å². The predicted octanol–water partition coefficient (Wildman–Crippen LogP) is 3.93. The van der Waals surface area contributed by atoms with Crippen LogP contribution in [0.4, 0.5) is 0 Å². The molecular formula is C19H22Br2O3. The highest BCUT2D eigenvalue weighted by Crippen LogP contribution is 2.12. The Balaban J connectivity index is 3.89. The molecule has 5 heteroatoms. The minimum Gasteiger partial charge on any atom is -0.469 e. The van der Waals surface area contributed by atoms with Crippen LogP contribution < -0.4 is 0 Å². The Labute approximate surface area is 161 Å². The van der Waals surface area contributed by atoms with Crippen LogP contribution in [0.15, 0.2) is 11.1 Å². The van der Waals surface area contributed by atoms with E-state index in [9.17, 15) is 9.90 Å². The molecule has 0 spiro atoms. The van der Waals surface area contributed by atoms with E-state index in [1.807, 2.05) is 0 Å². The number of carbonyl (C=O) groups excluding carboxylic acids is 1. The molecule has 0 aromatic carbocycles. The van der Waals surface area contributed by atoms with Crippen molar-refractivity contribution < 1.29 is 14.6 Å². The van der Waals surface area contributed by atoms with Crippen molar-refractivity contribution in [2.24, 2.45) is 0 Å². The number of esters is 1. The summed E-state index contributed by atoms with van der Waals surface area (Å²) in [6.07, 6.45) is 6.21. The van der Waals surface area contributed by atoms with Crippen LogP contribution in [0.3, 0.4) is 0 Å². The van der Waals surface area contributed by atoms with Gasteiger partial charge in [0.25, 0.3) is 0 Å². The Bertz CT molecular complexity index is 565. The van der Waals surface area contributed by atoms with Crippen LogP contribution in [0, 0.1) is 35.5 Å². The van der Waals surface area contributed by atoms with Crippen molar-refractivity contribution in [1.82, 2.24) is 0 Å². The molecule has 24 heavy (non-hydrogen) atoms. The zero-order chi connectivity index (χ0) is 18.0. The molecule has 0 rings (SSSR count). The van der Waals surface area contributed by atoms with E-state index in [1.165, 1.54) is 7.11 Å². The van der Waals surface area contributed by atoms with Crippen molar-refractivity contribution in [3.63, 3.8) is 0 Å². The second kappa shape index (κ2) is 16.7. The van der Waals surface area contributed by atoms with Crippen LogP contribution in [0.2, 0.25) is 0 Å². The van der Waals surface area contributed by atoms with Crippen LogP contribution in [0.5, 0.6) is 0 Å². The number of aliphatic hydroxyl groups excluding tert-OH is 1. The number of hydrogen-bond donors (Lipinski definition) is 1. The maximum Gasteiger partial charge on any atom is 0.305 e. The highest BCUT2D eigenvalue weighted by molar-refractivity contribution is 9.11. The summed E-state index contributed by atoms with van der Waals surface area (Å²) in [4.78, 5) is 12.3. The monoisotopic (exact) mass is 456 g/mol. The molecule has 3 nitrogen and oxygen atoms in total. The Hall–Kier alpha value is -1.19. The van der Waals surface area contributed by atoms with Gasteiger partial charge in [-0.25, -0.2) is 0 Å². The first-order valence-corrected chi connectivity index (χ1v) is 9.56. The number of unbranched alkanes of at least 4 members (excludes halogenated alkanes) is 3. The summed E-state index contributed by atoms with van der Waals surface area (Å²) in [6, 6.07) is 0.